The summed E-state index contributed by atoms with van der Waals surface area (Å²) in [6.07, 6.45) is 3.32. The van der Waals surface area contributed by atoms with Crippen molar-refractivity contribution in [2.24, 2.45) is 11.8 Å². The largest absolute Gasteiger partial charge is 0.356 e. The summed E-state index contributed by atoms with van der Waals surface area (Å²) in [5.74, 6) is 2.68. The molecule has 0 aliphatic carbocycles. The van der Waals surface area contributed by atoms with Crippen molar-refractivity contribution in [2.75, 3.05) is 25.0 Å². The molecule has 0 saturated carbocycles. The molecule has 1 aromatic rings. The van der Waals surface area contributed by atoms with E-state index in [2.05, 4.69) is 41.2 Å². The van der Waals surface area contributed by atoms with E-state index in [0.29, 0.717) is 0 Å². The molecule has 1 aliphatic heterocycles. The Balaban J connectivity index is 2.06. The third-order valence-corrected chi connectivity index (χ3v) is 3.38. The predicted octanol–water partition coefficient (Wildman–Crippen LogP) is 2.28. The summed E-state index contributed by atoms with van der Waals surface area (Å²) in [6, 6.07) is 4.32. The quantitative estimate of drug-likeness (QED) is 0.868. The molecule has 94 valence electrons. The molecule has 0 spiro atoms. The summed E-state index contributed by atoms with van der Waals surface area (Å²) in [5, 5.41) is 3.14. The molecule has 1 aromatic heterocycles. The Kier molecular flexibility index (Phi) is 4.00. The van der Waals surface area contributed by atoms with Gasteiger partial charge in [-0.05, 0) is 36.9 Å². The fraction of sp³-hybridized carbons (Fsp3) is 0.643. The zero-order valence-electron chi connectivity index (χ0n) is 11.1. The molecular weight excluding hydrogens is 210 g/mol. The maximum absolute atomic E-state index is 4.58. The van der Waals surface area contributed by atoms with E-state index in [4.69, 9.17) is 0 Å². The molecule has 0 amide bonds. The van der Waals surface area contributed by atoms with Gasteiger partial charge in [0, 0.05) is 25.8 Å². The lowest BCUT2D eigenvalue weighted by atomic mass is 9.92. The van der Waals surface area contributed by atoms with Gasteiger partial charge in [0.05, 0.1) is 0 Å². The average Bonchev–Trinajstić information content (AvgIpc) is 2.29. The molecule has 2 unspecified atom stereocenters. The minimum atomic E-state index is 0.775. The predicted molar refractivity (Wildman–Crippen MR) is 72.2 cm³/mol. The van der Waals surface area contributed by atoms with Crippen LogP contribution < -0.4 is 10.2 Å². The van der Waals surface area contributed by atoms with Crippen molar-refractivity contribution in [1.82, 2.24) is 10.3 Å². The number of rotatable bonds is 3. The van der Waals surface area contributed by atoms with Gasteiger partial charge in [-0.15, -0.1) is 0 Å². The topological polar surface area (TPSA) is 28.2 Å². The molecule has 0 radical (unpaired) electrons. The third kappa shape index (κ3) is 3.19. The number of anilines is 1. The minimum Gasteiger partial charge on any atom is -0.356 e. The summed E-state index contributed by atoms with van der Waals surface area (Å²) < 4.78 is 0. The first-order valence-electron chi connectivity index (χ1n) is 6.53. The van der Waals surface area contributed by atoms with Gasteiger partial charge in [-0.25, -0.2) is 4.98 Å². The van der Waals surface area contributed by atoms with Crippen LogP contribution >= 0.6 is 0 Å². The van der Waals surface area contributed by atoms with Crippen LogP contribution in [0.15, 0.2) is 18.3 Å². The Morgan fingerprint density at radius 2 is 2.00 bits per heavy atom. The molecule has 17 heavy (non-hydrogen) atoms. The summed E-state index contributed by atoms with van der Waals surface area (Å²) in [7, 11) is 1.96. The molecule has 1 aliphatic rings. The Morgan fingerprint density at radius 3 is 2.53 bits per heavy atom. The summed E-state index contributed by atoms with van der Waals surface area (Å²) in [4.78, 5) is 6.99. The first-order chi connectivity index (χ1) is 8.19. The highest BCUT2D eigenvalue weighted by molar-refractivity contribution is 5.40. The first kappa shape index (κ1) is 12.4. The Labute approximate surface area is 104 Å². The number of piperidine rings is 1. The lowest BCUT2D eigenvalue weighted by Crippen LogP contribution is -2.39. The maximum Gasteiger partial charge on any atom is 0.128 e. The minimum absolute atomic E-state index is 0.775. The van der Waals surface area contributed by atoms with Gasteiger partial charge >= 0.3 is 0 Å². The van der Waals surface area contributed by atoms with E-state index in [1.807, 2.05) is 13.2 Å². The zero-order valence-corrected chi connectivity index (χ0v) is 11.1. The van der Waals surface area contributed by atoms with Gasteiger partial charge in [0.1, 0.15) is 5.82 Å². The van der Waals surface area contributed by atoms with Crippen molar-refractivity contribution in [3.05, 3.63) is 23.9 Å². The number of aromatic nitrogens is 1. The van der Waals surface area contributed by atoms with E-state index < -0.39 is 0 Å². The van der Waals surface area contributed by atoms with Crippen LogP contribution in [-0.4, -0.2) is 25.1 Å². The normalized spacial score (nSPS) is 25.0. The van der Waals surface area contributed by atoms with Crippen molar-refractivity contribution in [2.45, 2.75) is 26.8 Å². The van der Waals surface area contributed by atoms with E-state index in [0.717, 1.165) is 37.3 Å². The monoisotopic (exact) mass is 233 g/mol. The molecule has 0 aromatic carbocycles. The number of nitrogens with one attached hydrogen (secondary N) is 1. The van der Waals surface area contributed by atoms with Gasteiger partial charge < -0.3 is 10.2 Å². The van der Waals surface area contributed by atoms with E-state index in [-0.39, 0.29) is 0 Å². The molecule has 2 rings (SSSR count). The number of hydrogen-bond acceptors (Lipinski definition) is 3. The molecular formula is C14H23N3. The van der Waals surface area contributed by atoms with E-state index in [1.165, 1.54) is 12.0 Å². The molecule has 2 atom stereocenters. The molecule has 1 saturated heterocycles. The molecule has 3 heteroatoms. The third-order valence-electron chi connectivity index (χ3n) is 3.38. The van der Waals surface area contributed by atoms with Crippen LogP contribution in [0.2, 0.25) is 0 Å². The second-order valence-corrected chi connectivity index (χ2v) is 5.41. The van der Waals surface area contributed by atoms with Gasteiger partial charge in [0.15, 0.2) is 0 Å². The van der Waals surface area contributed by atoms with Crippen molar-refractivity contribution >= 4 is 5.82 Å². The van der Waals surface area contributed by atoms with Crippen LogP contribution in [0, 0.1) is 11.8 Å². The van der Waals surface area contributed by atoms with E-state index in [9.17, 15) is 0 Å². The molecule has 3 nitrogen and oxygen atoms in total. The van der Waals surface area contributed by atoms with E-state index >= 15 is 0 Å². The highest BCUT2D eigenvalue weighted by Gasteiger charge is 2.22. The smallest absolute Gasteiger partial charge is 0.128 e. The number of hydrogen-bond donors (Lipinski definition) is 1. The molecule has 0 bridgehead atoms. The Morgan fingerprint density at radius 1 is 1.29 bits per heavy atom. The summed E-state index contributed by atoms with van der Waals surface area (Å²) in [5.41, 5.74) is 1.24. The van der Waals surface area contributed by atoms with Gasteiger partial charge in [0.25, 0.3) is 0 Å². The van der Waals surface area contributed by atoms with Crippen LogP contribution in [0.5, 0.6) is 0 Å². The van der Waals surface area contributed by atoms with Crippen LogP contribution in [0.1, 0.15) is 25.8 Å². The average molecular weight is 233 g/mol. The Bertz CT molecular complexity index is 337. The molecule has 2 heterocycles. The lowest BCUT2D eigenvalue weighted by Gasteiger charge is -2.35. The lowest BCUT2D eigenvalue weighted by molar-refractivity contribution is 0.355. The van der Waals surface area contributed by atoms with Gasteiger partial charge in [-0.1, -0.05) is 19.9 Å². The summed E-state index contributed by atoms with van der Waals surface area (Å²) in [6.45, 7) is 7.83. The molecule has 1 N–H and O–H groups in total. The fourth-order valence-corrected chi connectivity index (χ4v) is 2.76. The zero-order chi connectivity index (χ0) is 12.3. The maximum atomic E-state index is 4.58. The van der Waals surface area contributed by atoms with Crippen molar-refractivity contribution in [1.29, 1.82) is 0 Å². The van der Waals surface area contributed by atoms with Crippen molar-refractivity contribution in [3.8, 4) is 0 Å². The number of nitrogens with zero attached hydrogens (tertiary/aromatic N) is 2. The van der Waals surface area contributed by atoms with Gasteiger partial charge in [-0.3, -0.25) is 0 Å². The second kappa shape index (κ2) is 5.50. The highest BCUT2D eigenvalue weighted by Crippen LogP contribution is 2.24. The van der Waals surface area contributed by atoms with Crippen molar-refractivity contribution in [3.63, 3.8) is 0 Å². The highest BCUT2D eigenvalue weighted by atomic mass is 15.2. The van der Waals surface area contributed by atoms with Crippen LogP contribution in [0.3, 0.4) is 0 Å². The van der Waals surface area contributed by atoms with Crippen LogP contribution in [-0.2, 0) is 6.54 Å². The van der Waals surface area contributed by atoms with Gasteiger partial charge in [-0.2, -0.15) is 0 Å². The molecule has 1 fully saturated rings. The Hall–Kier alpha value is -1.09. The standard InChI is InChI=1S/C14H23N3/c1-11-6-12(2)10-17(9-11)14-5-4-13(7-15-3)8-16-14/h4-5,8,11-12,15H,6-7,9-10H2,1-3H3. The SMILES string of the molecule is CNCc1ccc(N2CC(C)CC(C)C2)nc1. The second-order valence-electron chi connectivity index (χ2n) is 5.41. The van der Waals surface area contributed by atoms with Crippen molar-refractivity contribution < 1.29 is 0 Å². The fourth-order valence-electron chi connectivity index (χ4n) is 2.76. The van der Waals surface area contributed by atoms with E-state index in [1.54, 1.807) is 0 Å². The van der Waals surface area contributed by atoms with Crippen LogP contribution in [0.4, 0.5) is 5.82 Å². The first-order valence-corrected chi connectivity index (χ1v) is 6.53. The number of pyridine rings is 1. The van der Waals surface area contributed by atoms with Crippen LogP contribution in [0.25, 0.3) is 0 Å². The van der Waals surface area contributed by atoms with Gasteiger partial charge in [0.2, 0.25) is 0 Å². The summed E-state index contributed by atoms with van der Waals surface area (Å²) >= 11 is 0.